The summed E-state index contributed by atoms with van der Waals surface area (Å²) in [7, 11) is -2.97. The van der Waals surface area contributed by atoms with Gasteiger partial charge in [-0.2, -0.15) is 4.98 Å². The molecule has 26 heavy (non-hydrogen) atoms. The van der Waals surface area contributed by atoms with Crippen LogP contribution in [-0.4, -0.2) is 61.9 Å². The number of hydrogen-bond acceptors (Lipinski definition) is 6. The molecule has 0 saturated carbocycles. The van der Waals surface area contributed by atoms with E-state index in [1.807, 2.05) is 11.0 Å². The Labute approximate surface area is 156 Å². The number of fused-ring (bicyclic) bond motifs is 1. The number of sulfone groups is 1. The molecule has 2 aromatic rings. The fourth-order valence-corrected chi connectivity index (χ4v) is 4.89. The highest BCUT2D eigenvalue weighted by Crippen LogP contribution is 2.28. The first-order valence-corrected chi connectivity index (χ1v) is 10.9. The first kappa shape index (κ1) is 17.6. The van der Waals surface area contributed by atoms with Crippen molar-refractivity contribution in [2.24, 2.45) is 5.92 Å². The fourth-order valence-electron chi connectivity index (χ4n) is 3.53. The molecule has 2 aliphatic heterocycles. The van der Waals surface area contributed by atoms with Crippen molar-refractivity contribution in [2.75, 3.05) is 42.6 Å². The minimum absolute atomic E-state index is 0.0640. The molecule has 2 saturated heterocycles. The monoisotopic (exact) mass is 397 g/mol. The summed E-state index contributed by atoms with van der Waals surface area (Å²) < 4.78 is 28.8. The molecule has 7 nitrogen and oxygen atoms in total. The van der Waals surface area contributed by atoms with Gasteiger partial charge in [-0.05, 0) is 25.0 Å². The summed E-state index contributed by atoms with van der Waals surface area (Å²) in [6, 6.07) is 5.90. The zero-order chi connectivity index (χ0) is 18.3. The summed E-state index contributed by atoms with van der Waals surface area (Å²) in [5.74, 6) is 0.154. The van der Waals surface area contributed by atoms with E-state index in [0.29, 0.717) is 55.6 Å². The molecule has 3 heterocycles. The molecule has 0 atom stereocenters. The Bertz CT molecular complexity index is 921. The number of amides is 1. The van der Waals surface area contributed by atoms with Crippen LogP contribution in [0.25, 0.3) is 11.1 Å². The van der Waals surface area contributed by atoms with Crippen molar-refractivity contribution in [3.63, 3.8) is 0 Å². The Kier molecular flexibility index (Phi) is 4.56. The van der Waals surface area contributed by atoms with Crippen LogP contribution in [0.15, 0.2) is 22.6 Å². The van der Waals surface area contributed by atoms with Crippen LogP contribution in [0.3, 0.4) is 0 Å². The SMILES string of the molecule is O=C(C1CCN(c2nc3ccc(Cl)cc3o2)CC1)N1CCS(=O)(=O)CC1. The van der Waals surface area contributed by atoms with Crippen LogP contribution >= 0.6 is 11.6 Å². The van der Waals surface area contributed by atoms with E-state index in [4.69, 9.17) is 16.0 Å². The molecule has 0 bridgehead atoms. The lowest BCUT2D eigenvalue weighted by Gasteiger charge is -2.34. The minimum atomic E-state index is -2.97. The highest BCUT2D eigenvalue weighted by Gasteiger charge is 2.32. The summed E-state index contributed by atoms with van der Waals surface area (Å²) in [5.41, 5.74) is 1.41. The number of carbonyl (C=O) groups is 1. The largest absolute Gasteiger partial charge is 0.423 e. The molecule has 1 amide bonds. The Morgan fingerprint density at radius 2 is 1.85 bits per heavy atom. The van der Waals surface area contributed by atoms with E-state index < -0.39 is 9.84 Å². The second kappa shape index (κ2) is 6.74. The van der Waals surface area contributed by atoms with Gasteiger partial charge in [-0.25, -0.2) is 8.42 Å². The number of rotatable bonds is 2. The highest BCUT2D eigenvalue weighted by atomic mass is 35.5. The topological polar surface area (TPSA) is 83.7 Å². The Morgan fingerprint density at radius 1 is 1.15 bits per heavy atom. The molecule has 1 aromatic heterocycles. The first-order chi connectivity index (χ1) is 12.4. The lowest BCUT2D eigenvalue weighted by Crippen LogP contribution is -2.48. The van der Waals surface area contributed by atoms with Crippen molar-refractivity contribution in [2.45, 2.75) is 12.8 Å². The number of aromatic nitrogens is 1. The fraction of sp³-hybridized carbons (Fsp3) is 0.529. The van der Waals surface area contributed by atoms with E-state index in [9.17, 15) is 13.2 Å². The predicted octanol–water partition coefficient (Wildman–Crippen LogP) is 1.95. The van der Waals surface area contributed by atoms with Crippen LogP contribution in [0.1, 0.15) is 12.8 Å². The van der Waals surface area contributed by atoms with Crippen molar-refractivity contribution in [1.29, 1.82) is 0 Å². The summed E-state index contributed by atoms with van der Waals surface area (Å²) in [4.78, 5) is 20.9. The smallest absolute Gasteiger partial charge is 0.298 e. The molecule has 0 spiro atoms. The van der Waals surface area contributed by atoms with Gasteiger partial charge in [0.1, 0.15) is 5.52 Å². The van der Waals surface area contributed by atoms with Crippen molar-refractivity contribution in [3.8, 4) is 0 Å². The summed E-state index contributed by atoms with van der Waals surface area (Å²) in [5, 5.41) is 0.605. The maximum absolute atomic E-state index is 12.6. The first-order valence-electron chi connectivity index (χ1n) is 8.71. The summed E-state index contributed by atoms with van der Waals surface area (Å²) in [6.45, 7) is 1.99. The Hall–Kier alpha value is -1.80. The van der Waals surface area contributed by atoms with E-state index in [1.54, 1.807) is 17.0 Å². The standard InChI is InChI=1S/C17H20ClN3O4S/c18-13-1-2-14-15(11-13)25-17(19-14)21-5-3-12(4-6-21)16(22)20-7-9-26(23,24)10-8-20/h1-2,11-12H,3-10H2. The average molecular weight is 398 g/mol. The molecule has 0 aliphatic carbocycles. The van der Waals surface area contributed by atoms with Gasteiger partial charge in [-0.1, -0.05) is 11.6 Å². The van der Waals surface area contributed by atoms with Crippen molar-refractivity contribution in [1.82, 2.24) is 9.88 Å². The second-order valence-electron chi connectivity index (χ2n) is 6.85. The normalized spacial score (nSPS) is 21.3. The number of halogens is 1. The second-order valence-corrected chi connectivity index (χ2v) is 9.59. The molecule has 4 rings (SSSR count). The third-order valence-corrected chi connectivity index (χ3v) is 6.95. The number of carbonyl (C=O) groups excluding carboxylic acids is 1. The third-order valence-electron chi connectivity index (χ3n) is 5.11. The van der Waals surface area contributed by atoms with Crippen molar-refractivity contribution in [3.05, 3.63) is 23.2 Å². The molecule has 2 aliphatic rings. The van der Waals surface area contributed by atoms with Crippen molar-refractivity contribution >= 4 is 44.5 Å². The third kappa shape index (κ3) is 3.53. The Balaban J connectivity index is 1.38. The number of nitrogens with zero attached hydrogens (tertiary/aromatic N) is 3. The Morgan fingerprint density at radius 3 is 2.54 bits per heavy atom. The number of oxazole rings is 1. The molecule has 0 N–H and O–H groups in total. The van der Waals surface area contributed by atoms with Crippen LogP contribution in [0.2, 0.25) is 5.02 Å². The van der Waals surface area contributed by atoms with E-state index in [0.717, 1.165) is 5.52 Å². The molecular weight excluding hydrogens is 378 g/mol. The van der Waals surface area contributed by atoms with Gasteiger partial charge < -0.3 is 14.2 Å². The van der Waals surface area contributed by atoms with E-state index >= 15 is 0 Å². The predicted molar refractivity (Wildman–Crippen MR) is 99.2 cm³/mol. The molecule has 2 fully saturated rings. The number of hydrogen-bond donors (Lipinski definition) is 0. The van der Waals surface area contributed by atoms with Gasteiger partial charge in [0.25, 0.3) is 6.01 Å². The molecule has 0 unspecified atom stereocenters. The van der Waals surface area contributed by atoms with Crippen LogP contribution in [0, 0.1) is 5.92 Å². The lowest BCUT2D eigenvalue weighted by atomic mass is 9.95. The van der Waals surface area contributed by atoms with E-state index in [1.165, 1.54) is 0 Å². The zero-order valence-corrected chi connectivity index (χ0v) is 15.8. The summed E-state index contributed by atoms with van der Waals surface area (Å²) in [6.07, 6.45) is 1.42. The van der Waals surface area contributed by atoms with Crippen LogP contribution in [0.4, 0.5) is 6.01 Å². The van der Waals surface area contributed by atoms with Gasteiger partial charge in [0.15, 0.2) is 15.4 Å². The van der Waals surface area contributed by atoms with E-state index in [2.05, 4.69) is 4.98 Å². The van der Waals surface area contributed by atoms with Gasteiger partial charge in [0, 0.05) is 43.2 Å². The van der Waals surface area contributed by atoms with Gasteiger partial charge in [0.05, 0.1) is 11.5 Å². The molecule has 9 heteroatoms. The number of piperidine rings is 1. The quantitative estimate of drug-likeness (QED) is 0.770. The van der Waals surface area contributed by atoms with Gasteiger partial charge >= 0.3 is 0 Å². The average Bonchev–Trinajstić information content (AvgIpc) is 3.04. The van der Waals surface area contributed by atoms with Crippen LogP contribution in [0.5, 0.6) is 0 Å². The van der Waals surface area contributed by atoms with Crippen molar-refractivity contribution < 1.29 is 17.6 Å². The van der Waals surface area contributed by atoms with Gasteiger partial charge in [-0.15, -0.1) is 0 Å². The molecule has 0 radical (unpaired) electrons. The van der Waals surface area contributed by atoms with Crippen LogP contribution < -0.4 is 4.90 Å². The van der Waals surface area contributed by atoms with Gasteiger partial charge in [-0.3, -0.25) is 4.79 Å². The van der Waals surface area contributed by atoms with Crippen LogP contribution in [-0.2, 0) is 14.6 Å². The van der Waals surface area contributed by atoms with E-state index in [-0.39, 0.29) is 23.3 Å². The number of anilines is 1. The molecule has 140 valence electrons. The van der Waals surface area contributed by atoms with Gasteiger partial charge in [0.2, 0.25) is 5.91 Å². The summed E-state index contributed by atoms with van der Waals surface area (Å²) >= 11 is 5.98. The maximum Gasteiger partial charge on any atom is 0.298 e. The lowest BCUT2D eigenvalue weighted by molar-refractivity contribution is -0.135. The number of benzene rings is 1. The maximum atomic E-state index is 12.6. The highest BCUT2D eigenvalue weighted by molar-refractivity contribution is 7.91. The zero-order valence-electron chi connectivity index (χ0n) is 14.2. The molecular formula is C17H20ClN3O4S. The molecule has 1 aromatic carbocycles. The minimum Gasteiger partial charge on any atom is -0.423 e.